The zero-order valence-corrected chi connectivity index (χ0v) is 36.5. The lowest BCUT2D eigenvalue weighted by Crippen LogP contribution is -2.81. The summed E-state index contributed by atoms with van der Waals surface area (Å²) in [4.78, 5) is 84.1. The van der Waals surface area contributed by atoms with Gasteiger partial charge >= 0.3 is 23.9 Å². The zero-order valence-electron chi connectivity index (χ0n) is 36.5. The highest BCUT2D eigenvalue weighted by atomic mass is 16.7. The van der Waals surface area contributed by atoms with Gasteiger partial charge in [-0.2, -0.15) is 0 Å². The van der Waals surface area contributed by atoms with Crippen molar-refractivity contribution in [2.45, 2.75) is 115 Å². The van der Waals surface area contributed by atoms with Crippen LogP contribution < -0.4 is 5.32 Å². The maximum Gasteiger partial charge on any atom is 0.508 e. The van der Waals surface area contributed by atoms with Gasteiger partial charge in [0.05, 0.1) is 29.7 Å². The quantitative estimate of drug-likeness (QED) is 0.0574. The lowest BCUT2D eigenvalue weighted by molar-refractivity contribution is -0.392. The number of aliphatic hydroxyl groups excluding tert-OH is 2. The molecule has 7 rings (SSSR count). The molecule has 20 heteroatoms. The Labute approximate surface area is 372 Å². The monoisotopic (exact) mass is 904 g/mol. The van der Waals surface area contributed by atoms with Crippen LogP contribution in [0.2, 0.25) is 0 Å². The number of ether oxygens (including phenoxy) is 5. The van der Waals surface area contributed by atoms with Crippen molar-refractivity contribution in [3.8, 4) is 0 Å². The molecule has 2 bridgehead atoms. The molecule has 20 nitrogen and oxygen atoms in total. The highest BCUT2D eigenvalue weighted by Gasteiger charge is 2.77. The second-order valence-electron chi connectivity index (χ2n) is 17.8. The van der Waals surface area contributed by atoms with E-state index in [9.17, 15) is 49.7 Å². The molecule has 1 aromatic heterocycles. The van der Waals surface area contributed by atoms with Crippen molar-refractivity contribution in [3.05, 3.63) is 105 Å². The van der Waals surface area contributed by atoms with Crippen LogP contribution in [0.15, 0.2) is 78.0 Å². The van der Waals surface area contributed by atoms with Crippen LogP contribution in [0.1, 0.15) is 75.2 Å². The smallest absolute Gasteiger partial charge is 0.456 e. The van der Waals surface area contributed by atoms with Crippen molar-refractivity contribution in [2.24, 2.45) is 16.7 Å². The summed E-state index contributed by atoms with van der Waals surface area (Å²) in [5, 5.41) is 64.1. The average molecular weight is 905 g/mol. The lowest BCUT2D eigenvalue weighted by atomic mass is 9.44. The SMILES string of the molecule is CC(=O)NC(c1ccccc1)C(O)C(=O)OC1CC2(O)C(OC(=O)c3ccccc3)C3[C@]4(O)COC4CC(OC(=O)OCCn4c([N+](=O)[O-])cnc4C)[C@@]3(C)C(=O)C(O)C(=C1C)C2(C)C. The molecule has 65 heavy (non-hydrogen) atoms. The summed E-state index contributed by atoms with van der Waals surface area (Å²) in [6, 6.07) is 14.5. The van der Waals surface area contributed by atoms with Crippen LogP contribution in [0.5, 0.6) is 0 Å². The third-order valence-electron chi connectivity index (χ3n) is 13.9. The molecular weight excluding hydrogens is 853 g/mol. The van der Waals surface area contributed by atoms with Crippen molar-refractivity contribution in [3.63, 3.8) is 0 Å². The summed E-state index contributed by atoms with van der Waals surface area (Å²) in [5.41, 5.74) is -8.06. The maximum atomic E-state index is 15.3. The number of nitrogens with one attached hydrogen (secondary N) is 1. The number of rotatable bonds is 12. The van der Waals surface area contributed by atoms with Gasteiger partial charge in [0, 0.05) is 38.0 Å². The first-order chi connectivity index (χ1) is 30.6. The largest absolute Gasteiger partial charge is 0.508 e. The number of carbonyl (C=O) groups excluding carboxylic acids is 5. The van der Waals surface area contributed by atoms with Crippen LogP contribution in [0.25, 0.3) is 0 Å². The second kappa shape index (κ2) is 17.4. The van der Waals surface area contributed by atoms with Crippen LogP contribution >= 0.6 is 0 Å². The molecule has 1 saturated heterocycles. The zero-order chi connectivity index (χ0) is 47.4. The minimum absolute atomic E-state index is 0.0248. The van der Waals surface area contributed by atoms with Crippen LogP contribution in [0.3, 0.4) is 0 Å². The minimum Gasteiger partial charge on any atom is -0.456 e. The summed E-state index contributed by atoms with van der Waals surface area (Å²) in [7, 11) is 0. The number of nitro groups is 1. The van der Waals surface area contributed by atoms with Crippen molar-refractivity contribution in [1.82, 2.24) is 14.9 Å². The number of amides is 1. The number of aromatic nitrogens is 2. The molecule has 3 aliphatic carbocycles. The molecule has 9 unspecified atom stereocenters. The molecule has 3 fully saturated rings. The van der Waals surface area contributed by atoms with E-state index in [-0.39, 0.29) is 41.3 Å². The summed E-state index contributed by atoms with van der Waals surface area (Å²) in [6.07, 6.45) is -11.5. The third kappa shape index (κ3) is 7.96. The Kier molecular flexibility index (Phi) is 12.6. The normalized spacial score (nSPS) is 31.0. The van der Waals surface area contributed by atoms with Gasteiger partial charge in [0.15, 0.2) is 17.7 Å². The molecular formula is C45H52N4O16. The molecule has 0 spiro atoms. The number of Topliss-reactive ketones (excluding diaryl/α,β-unsaturated/α-hetero) is 1. The number of benzene rings is 2. The Bertz CT molecular complexity index is 2410. The van der Waals surface area contributed by atoms with Crippen molar-refractivity contribution >= 4 is 35.6 Å². The Morgan fingerprint density at radius 1 is 1.02 bits per heavy atom. The van der Waals surface area contributed by atoms with Crippen LogP contribution in [0.4, 0.5) is 10.6 Å². The summed E-state index contributed by atoms with van der Waals surface area (Å²) in [5.74, 6) is -5.60. The van der Waals surface area contributed by atoms with Crippen molar-refractivity contribution < 1.29 is 73.0 Å². The van der Waals surface area contributed by atoms with Gasteiger partial charge in [-0.05, 0) is 47.6 Å². The summed E-state index contributed by atoms with van der Waals surface area (Å²) < 4.78 is 30.5. The van der Waals surface area contributed by atoms with E-state index in [1.54, 1.807) is 48.5 Å². The average Bonchev–Trinajstić information content (AvgIpc) is 3.64. The fourth-order valence-electron chi connectivity index (χ4n) is 10.3. The van der Waals surface area contributed by atoms with E-state index >= 15 is 4.79 Å². The number of imidazole rings is 1. The van der Waals surface area contributed by atoms with Gasteiger partial charge in [0.25, 0.3) is 0 Å². The minimum atomic E-state index is -2.44. The van der Waals surface area contributed by atoms with E-state index < -0.39 is 125 Å². The number of fused-ring (bicyclic) bond motifs is 5. The van der Waals surface area contributed by atoms with Gasteiger partial charge in [-0.15, -0.1) is 0 Å². The van der Waals surface area contributed by atoms with E-state index in [1.165, 1.54) is 58.2 Å². The first-order valence-corrected chi connectivity index (χ1v) is 21.0. The standard InChI is InChI=1S/C45H52N4O16/c1-23-28(63-40(55)35(52)33(47-25(3)50)26-13-9-7-10-14-26)20-45(58)38(65-39(54)27-15-11-8-12-16-27)36-43(6,37(53)34(51)32(23)42(45,4)5)29(19-30-44(36,57)22-62-30)64-41(56)61-18-17-48-24(2)46-21-31(48)49(59)60/h7-16,21,28-30,33-36,38,51-52,57-58H,17-20,22H2,1-6H3,(H,47,50)/t28?,29?,30?,33?,34?,35?,36?,38?,43-,44+,45?/m1/s1. The Morgan fingerprint density at radius 3 is 2.26 bits per heavy atom. The first-order valence-electron chi connectivity index (χ1n) is 21.0. The highest BCUT2D eigenvalue weighted by molar-refractivity contribution is 5.94. The number of ketones is 1. The molecule has 2 heterocycles. The number of esters is 2. The van der Waals surface area contributed by atoms with Crippen LogP contribution in [0, 0.1) is 33.8 Å². The van der Waals surface area contributed by atoms with Gasteiger partial charge in [-0.25, -0.2) is 23.9 Å². The maximum absolute atomic E-state index is 15.3. The van der Waals surface area contributed by atoms with Crippen molar-refractivity contribution in [1.29, 1.82) is 0 Å². The predicted molar refractivity (Wildman–Crippen MR) is 222 cm³/mol. The second-order valence-corrected chi connectivity index (χ2v) is 17.8. The Balaban J connectivity index is 1.30. The number of aryl methyl sites for hydroxylation is 1. The van der Waals surface area contributed by atoms with E-state index in [2.05, 4.69) is 10.3 Å². The molecule has 1 aliphatic heterocycles. The third-order valence-corrected chi connectivity index (χ3v) is 13.9. The van der Waals surface area contributed by atoms with E-state index in [0.717, 1.165) is 6.20 Å². The van der Waals surface area contributed by atoms with Gasteiger partial charge in [-0.3, -0.25) is 9.59 Å². The van der Waals surface area contributed by atoms with E-state index in [4.69, 9.17) is 23.7 Å². The molecule has 5 N–H and O–H groups in total. The molecule has 2 aromatic carbocycles. The predicted octanol–water partition coefficient (Wildman–Crippen LogP) is 2.57. The highest BCUT2D eigenvalue weighted by Crippen LogP contribution is 2.63. The van der Waals surface area contributed by atoms with Crippen LogP contribution in [-0.4, -0.2) is 126 Å². The Morgan fingerprint density at radius 2 is 1.66 bits per heavy atom. The number of hydrogen-bond acceptors (Lipinski definition) is 17. The summed E-state index contributed by atoms with van der Waals surface area (Å²) >= 11 is 0. The topological polar surface area (TPSA) is 285 Å². The Hall–Kier alpha value is -6.06. The van der Waals surface area contributed by atoms with Crippen LogP contribution in [-0.2, 0) is 44.6 Å². The van der Waals surface area contributed by atoms with Crippen molar-refractivity contribution in [2.75, 3.05) is 13.2 Å². The molecule has 348 valence electrons. The van der Waals surface area contributed by atoms with Gasteiger partial charge in [0.2, 0.25) is 5.91 Å². The molecule has 0 radical (unpaired) electrons. The fraction of sp³-hybridized carbons (Fsp3) is 0.511. The molecule has 2 saturated carbocycles. The lowest BCUT2D eigenvalue weighted by Gasteiger charge is -2.67. The van der Waals surface area contributed by atoms with Gasteiger partial charge in [-0.1, -0.05) is 62.4 Å². The van der Waals surface area contributed by atoms with E-state index in [1.807, 2.05) is 0 Å². The first kappa shape index (κ1) is 46.9. The molecule has 3 aromatic rings. The number of aliphatic hydroxyl groups is 4. The van der Waals surface area contributed by atoms with Gasteiger partial charge < -0.3 is 59.5 Å². The number of hydrogen-bond donors (Lipinski definition) is 5. The summed E-state index contributed by atoms with van der Waals surface area (Å²) in [6.45, 7) is 7.45. The van der Waals surface area contributed by atoms with E-state index in [0.29, 0.717) is 5.56 Å². The van der Waals surface area contributed by atoms with Gasteiger partial charge in [0.1, 0.15) is 55.0 Å². The fourth-order valence-corrected chi connectivity index (χ4v) is 10.3. The molecule has 11 atom stereocenters. The molecule has 1 amide bonds. The number of nitrogens with zero attached hydrogens (tertiary/aromatic N) is 3. The molecule has 4 aliphatic rings. The number of carbonyl (C=O) groups is 5.